The Kier molecular flexibility index (Phi) is 6.14. The second-order valence-corrected chi connectivity index (χ2v) is 7.86. The lowest BCUT2D eigenvalue weighted by molar-refractivity contribution is -0.148. The fraction of sp³-hybridized carbons (Fsp3) is 0.238. The van der Waals surface area contributed by atoms with Crippen molar-refractivity contribution in [1.29, 1.82) is 0 Å². The van der Waals surface area contributed by atoms with E-state index in [9.17, 15) is 9.59 Å². The smallest absolute Gasteiger partial charge is 0.329 e. The van der Waals surface area contributed by atoms with E-state index in [2.05, 4.69) is 5.32 Å². The van der Waals surface area contributed by atoms with Crippen LogP contribution in [0.4, 0.5) is 0 Å². The third-order valence-electron chi connectivity index (χ3n) is 4.26. The Morgan fingerprint density at radius 2 is 1.81 bits per heavy atom. The second kappa shape index (κ2) is 8.55. The summed E-state index contributed by atoms with van der Waals surface area (Å²) in [5, 5.41) is 6.16. The van der Waals surface area contributed by atoms with E-state index < -0.39 is 17.9 Å². The molecule has 0 saturated heterocycles. The first-order chi connectivity index (χ1) is 13.0. The van der Waals surface area contributed by atoms with Crippen LogP contribution in [0.25, 0.3) is 10.1 Å². The first-order valence-electron chi connectivity index (χ1n) is 8.64. The molecular weight excluding hydrogens is 382 g/mol. The van der Waals surface area contributed by atoms with Crippen molar-refractivity contribution in [3.8, 4) is 0 Å². The first kappa shape index (κ1) is 19.4. The Hall–Kier alpha value is -2.37. The van der Waals surface area contributed by atoms with E-state index in [1.807, 2.05) is 43.5 Å². The number of thiophene rings is 1. The highest BCUT2D eigenvalue weighted by atomic mass is 35.5. The van der Waals surface area contributed by atoms with E-state index in [4.69, 9.17) is 16.3 Å². The molecule has 4 nitrogen and oxygen atoms in total. The van der Waals surface area contributed by atoms with Gasteiger partial charge >= 0.3 is 5.97 Å². The van der Waals surface area contributed by atoms with Gasteiger partial charge in [0.25, 0.3) is 5.91 Å². The van der Waals surface area contributed by atoms with Crippen molar-refractivity contribution in [3.63, 3.8) is 0 Å². The summed E-state index contributed by atoms with van der Waals surface area (Å²) in [6.07, 6.45) is 0. The van der Waals surface area contributed by atoms with Crippen LogP contribution in [0.1, 0.15) is 29.8 Å². The van der Waals surface area contributed by atoms with Gasteiger partial charge in [-0.15, -0.1) is 11.3 Å². The summed E-state index contributed by atoms with van der Waals surface area (Å²) in [4.78, 5) is 25.1. The number of benzene rings is 2. The van der Waals surface area contributed by atoms with E-state index in [0.717, 1.165) is 15.6 Å². The van der Waals surface area contributed by atoms with E-state index in [-0.39, 0.29) is 12.5 Å². The maximum absolute atomic E-state index is 12.6. The van der Waals surface area contributed by atoms with E-state index in [1.54, 1.807) is 35.6 Å². The van der Waals surface area contributed by atoms with Gasteiger partial charge in [-0.3, -0.25) is 4.79 Å². The van der Waals surface area contributed by atoms with Gasteiger partial charge in [0.2, 0.25) is 0 Å². The molecule has 0 saturated carbocycles. The number of fused-ring (bicyclic) bond motifs is 1. The number of hydrogen-bond donors (Lipinski definition) is 1. The average Bonchev–Trinajstić information content (AvgIpc) is 3.07. The number of carbonyl (C=O) groups is 2. The van der Waals surface area contributed by atoms with Crippen molar-refractivity contribution in [1.82, 2.24) is 5.32 Å². The quantitative estimate of drug-likeness (QED) is 0.588. The van der Waals surface area contributed by atoms with Crippen molar-refractivity contribution in [2.45, 2.75) is 26.5 Å². The van der Waals surface area contributed by atoms with E-state index in [1.165, 1.54) is 0 Å². The van der Waals surface area contributed by atoms with Gasteiger partial charge in [0, 0.05) is 10.3 Å². The van der Waals surface area contributed by atoms with Crippen LogP contribution in [0, 0.1) is 5.92 Å². The molecule has 0 radical (unpaired) electrons. The third kappa shape index (κ3) is 4.49. The molecule has 1 heterocycles. The average molecular weight is 402 g/mol. The zero-order chi connectivity index (χ0) is 19.4. The highest BCUT2D eigenvalue weighted by molar-refractivity contribution is 7.17. The van der Waals surface area contributed by atoms with Crippen LogP contribution in [0.5, 0.6) is 0 Å². The largest absolute Gasteiger partial charge is 0.459 e. The molecular formula is C21H20ClNO3S. The van der Waals surface area contributed by atoms with Gasteiger partial charge in [0.15, 0.2) is 0 Å². The molecule has 1 N–H and O–H groups in total. The molecule has 1 atom stereocenters. The number of ether oxygens (including phenoxy) is 1. The Balaban J connectivity index is 1.68. The highest BCUT2D eigenvalue weighted by Crippen LogP contribution is 2.26. The van der Waals surface area contributed by atoms with Gasteiger partial charge < -0.3 is 10.1 Å². The number of amides is 1. The summed E-state index contributed by atoms with van der Waals surface area (Å²) in [6, 6.07) is 14.0. The summed E-state index contributed by atoms with van der Waals surface area (Å²) in [7, 11) is 0. The van der Waals surface area contributed by atoms with Crippen molar-refractivity contribution in [2.75, 3.05) is 0 Å². The summed E-state index contributed by atoms with van der Waals surface area (Å²) >= 11 is 7.68. The molecule has 140 valence electrons. The highest BCUT2D eigenvalue weighted by Gasteiger charge is 2.27. The number of carbonyl (C=O) groups excluding carboxylic acids is 2. The van der Waals surface area contributed by atoms with Crippen molar-refractivity contribution in [2.24, 2.45) is 5.92 Å². The van der Waals surface area contributed by atoms with Crippen LogP contribution in [0.15, 0.2) is 53.9 Å². The number of esters is 1. The Labute approximate surface area is 167 Å². The van der Waals surface area contributed by atoms with Crippen molar-refractivity contribution in [3.05, 3.63) is 70.1 Å². The summed E-state index contributed by atoms with van der Waals surface area (Å²) in [6.45, 7) is 3.89. The number of rotatable bonds is 6. The molecule has 6 heteroatoms. The molecule has 0 spiro atoms. The van der Waals surface area contributed by atoms with Crippen LogP contribution >= 0.6 is 22.9 Å². The lowest BCUT2D eigenvalue weighted by Crippen LogP contribution is -2.45. The number of halogens is 1. The molecule has 1 amide bonds. The molecule has 0 aliphatic heterocycles. The van der Waals surface area contributed by atoms with E-state index >= 15 is 0 Å². The van der Waals surface area contributed by atoms with Gasteiger partial charge in [0.05, 0.1) is 10.6 Å². The van der Waals surface area contributed by atoms with Crippen LogP contribution in [-0.4, -0.2) is 17.9 Å². The van der Waals surface area contributed by atoms with Gasteiger partial charge in [-0.2, -0.15) is 0 Å². The first-order valence-corrected chi connectivity index (χ1v) is 9.90. The van der Waals surface area contributed by atoms with Gasteiger partial charge in [-0.1, -0.05) is 55.8 Å². The number of hydrogen-bond acceptors (Lipinski definition) is 4. The lowest BCUT2D eigenvalue weighted by atomic mass is 10.0. The summed E-state index contributed by atoms with van der Waals surface area (Å²) < 4.78 is 6.65. The molecule has 0 unspecified atom stereocenters. The molecule has 0 aliphatic rings. The SMILES string of the molecule is CC(C)[C@H](NC(=O)c1ccccc1Cl)C(=O)OCc1csc2ccccc12. The number of nitrogens with one attached hydrogen (secondary N) is 1. The van der Waals surface area contributed by atoms with Crippen LogP contribution in [0.3, 0.4) is 0 Å². The maximum Gasteiger partial charge on any atom is 0.329 e. The normalized spacial score (nSPS) is 12.1. The zero-order valence-electron chi connectivity index (χ0n) is 15.1. The van der Waals surface area contributed by atoms with Gasteiger partial charge in [-0.25, -0.2) is 4.79 Å². The lowest BCUT2D eigenvalue weighted by Gasteiger charge is -2.21. The van der Waals surface area contributed by atoms with Crippen molar-refractivity contribution < 1.29 is 14.3 Å². The molecule has 3 aromatic rings. The molecule has 0 fully saturated rings. The maximum atomic E-state index is 12.6. The zero-order valence-corrected chi connectivity index (χ0v) is 16.6. The Bertz CT molecular complexity index is 967. The fourth-order valence-corrected chi connectivity index (χ4v) is 3.91. The Morgan fingerprint density at radius 1 is 1.11 bits per heavy atom. The minimum atomic E-state index is -0.751. The second-order valence-electron chi connectivity index (χ2n) is 6.54. The fourth-order valence-electron chi connectivity index (χ4n) is 2.75. The summed E-state index contributed by atoms with van der Waals surface area (Å²) in [5.74, 6) is -0.971. The van der Waals surface area contributed by atoms with Crippen molar-refractivity contribution >= 4 is 44.9 Å². The topological polar surface area (TPSA) is 55.4 Å². The predicted octanol–water partition coefficient (Wildman–Crippen LogP) is 5.05. The monoisotopic (exact) mass is 401 g/mol. The minimum absolute atomic E-state index is 0.122. The summed E-state index contributed by atoms with van der Waals surface area (Å²) in [5.41, 5.74) is 1.30. The molecule has 2 aromatic carbocycles. The Morgan fingerprint density at radius 3 is 2.56 bits per heavy atom. The van der Waals surface area contributed by atoms with Crippen LogP contribution in [-0.2, 0) is 16.1 Å². The predicted molar refractivity (Wildman–Crippen MR) is 109 cm³/mol. The molecule has 1 aromatic heterocycles. The van der Waals surface area contributed by atoms with E-state index in [0.29, 0.717) is 10.6 Å². The molecule has 0 aliphatic carbocycles. The standard InChI is InChI=1S/C21H20ClNO3S/c1-13(2)19(23-20(24)16-8-3-5-9-17(16)22)21(25)26-11-14-12-27-18-10-6-4-7-15(14)18/h3-10,12-13,19H,11H2,1-2H3,(H,23,24)/t19-/m0/s1. The molecule has 3 rings (SSSR count). The molecule has 0 bridgehead atoms. The van der Waals surface area contributed by atoms with Crippen LogP contribution < -0.4 is 5.32 Å². The van der Waals surface area contributed by atoms with Gasteiger partial charge in [-0.05, 0) is 34.9 Å². The third-order valence-corrected chi connectivity index (χ3v) is 5.60. The minimum Gasteiger partial charge on any atom is -0.459 e. The van der Waals surface area contributed by atoms with Gasteiger partial charge in [0.1, 0.15) is 12.6 Å². The molecule has 27 heavy (non-hydrogen) atoms. The van der Waals surface area contributed by atoms with Crippen LogP contribution in [0.2, 0.25) is 5.02 Å².